The van der Waals surface area contributed by atoms with E-state index in [9.17, 15) is 9.90 Å². The summed E-state index contributed by atoms with van der Waals surface area (Å²) in [6.07, 6.45) is 0.843. The molecular weight excluding hydrogens is 402 g/mol. The van der Waals surface area contributed by atoms with E-state index >= 15 is 0 Å². The lowest BCUT2D eigenvalue weighted by Gasteiger charge is -2.44. The summed E-state index contributed by atoms with van der Waals surface area (Å²) in [5.41, 5.74) is 7.24. The third kappa shape index (κ3) is 4.59. The van der Waals surface area contributed by atoms with Gasteiger partial charge in [-0.05, 0) is 30.9 Å². The van der Waals surface area contributed by atoms with Crippen LogP contribution in [0, 0.1) is 0 Å². The zero-order valence-corrected chi connectivity index (χ0v) is 18.9. The van der Waals surface area contributed by atoms with Crippen LogP contribution >= 0.6 is 0 Å². The monoisotopic (exact) mass is 437 g/mol. The Morgan fingerprint density at radius 1 is 1.06 bits per heavy atom. The van der Waals surface area contributed by atoms with E-state index in [4.69, 9.17) is 10.5 Å². The smallest absolute Gasteiger partial charge is 0.237 e. The zero-order valence-electron chi connectivity index (χ0n) is 18.9. The molecule has 2 aliphatic rings. The second-order valence-corrected chi connectivity index (χ2v) is 9.11. The summed E-state index contributed by atoms with van der Waals surface area (Å²) in [4.78, 5) is 18.6. The Kier molecular flexibility index (Phi) is 7.26. The quantitative estimate of drug-likeness (QED) is 0.723. The number of rotatable bonds is 6. The number of carbonyl (C=O) groups excluding carboxylic acids is 1. The van der Waals surface area contributed by atoms with Crippen LogP contribution in [0.15, 0.2) is 60.7 Å². The van der Waals surface area contributed by atoms with Crippen molar-refractivity contribution in [3.8, 4) is 0 Å². The number of carbonyl (C=O) groups is 1. The Labute approximate surface area is 191 Å². The van der Waals surface area contributed by atoms with Crippen molar-refractivity contribution in [2.75, 3.05) is 39.4 Å². The first-order valence-corrected chi connectivity index (χ1v) is 11.7. The van der Waals surface area contributed by atoms with Gasteiger partial charge in [0.25, 0.3) is 0 Å². The fourth-order valence-electron chi connectivity index (χ4n) is 5.17. The third-order valence-corrected chi connectivity index (χ3v) is 7.09. The van der Waals surface area contributed by atoms with Crippen molar-refractivity contribution in [3.63, 3.8) is 0 Å². The minimum absolute atomic E-state index is 0.0857. The highest BCUT2D eigenvalue weighted by molar-refractivity contribution is 5.92. The van der Waals surface area contributed by atoms with Gasteiger partial charge >= 0.3 is 0 Å². The van der Waals surface area contributed by atoms with Crippen molar-refractivity contribution in [2.45, 2.75) is 43.4 Å². The number of ether oxygens (including phenoxy) is 1. The predicted molar refractivity (Wildman–Crippen MR) is 125 cm³/mol. The van der Waals surface area contributed by atoms with E-state index in [0.29, 0.717) is 39.3 Å². The molecule has 2 aromatic rings. The largest absolute Gasteiger partial charge is 0.390 e. The molecule has 2 aliphatic heterocycles. The lowest BCUT2D eigenvalue weighted by molar-refractivity contribution is -0.141. The van der Waals surface area contributed by atoms with E-state index in [-0.39, 0.29) is 18.0 Å². The van der Waals surface area contributed by atoms with Crippen molar-refractivity contribution in [3.05, 3.63) is 71.8 Å². The fraction of sp³-hybridized carbons (Fsp3) is 0.500. The van der Waals surface area contributed by atoms with E-state index in [1.165, 1.54) is 0 Å². The van der Waals surface area contributed by atoms with Crippen LogP contribution in [0.25, 0.3) is 0 Å². The van der Waals surface area contributed by atoms with Gasteiger partial charge in [-0.3, -0.25) is 9.69 Å². The molecular formula is C26H35N3O3. The molecule has 2 aromatic carbocycles. The topological polar surface area (TPSA) is 79.0 Å². The summed E-state index contributed by atoms with van der Waals surface area (Å²) in [6, 6.07) is 20.2. The molecule has 1 amide bonds. The molecule has 172 valence electrons. The van der Waals surface area contributed by atoms with Crippen LogP contribution in [0.2, 0.25) is 0 Å². The number of benzene rings is 2. The first-order chi connectivity index (χ1) is 15.5. The normalized spacial score (nSPS) is 23.7. The lowest BCUT2D eigenvalue weighted by Crippen LogP contribution is -2.56. The van der Waals surface area contributed by atoms with Gasteiger partial charge in [-0.15, -0.1) is 0 Å². The van der Waals surface area contributed by atoms with Gasteiger partial charge in [0.2, 0.25) is 5.91 Å². The highest BCUT2D eigenvalue weighted by atomic mass is 16.5. The summed E-state index contributed by atoms with van der Waals surface area (Å²) in [5.74, 6) is 0.124. The van der Waals surface area contributed by atoms with Crippen molar-refractivity contribution < 1.29 is 14.6 Å². The standard InChI is InChI=1S/C26H35N3O3/c1-20(29-13-12-23(27)24(30)19-29)18-26(21-8-4-2-5-9-21,22-10-6-3-7-11-22)25(31)28-14-16-32-17-15-28/h2-11,20,23-24,30H,12-19,27H2,1H3. The van der Waals surface area contributed by atoms with Gasteiger partial charge in [0.15, 0.2) is 0 Å². The van der Waals surface area contributed by atoms with Crippen LogP contribution in [0.4, 0.5) is 0 Å². The first-order valence-electron chi connectivity index (χ1n) is 11.7. The first kappa shape index (κ1) is 22.9. The minimum atomic E-state index is -0.816. The van der Waals surface area contributed by atoms with Crippen LogP contribution < -0.4 is 5.73 Å². The van der Waals surface area contributed by atoms with Crippen LogP contribution in [0.1, 0.15) is 30.9 Å². The number of morpholine rings is 1. The molecule has 4 rings (SSSR count). The average Bonchev–Trinajstić information content (AvgIpc) is 2.85. The Morgan fingerprint density at radius 2 is 1.62 bits per heavy atom. The van der Waals surface area contributed by atoms with Gasteiger partial charge in [-0.25, -0.2) is 0 Å². The molecule has 0 bridgehead atoms. The van der Waals surface area contributed by atoms with E-state index < -0.39 is 11.5 Å². The van der Waals surface area contributed by atoms with E-state index in [0.717, 1.165) is 24.1 Å². The molecule has 0 spiro atoms. The molecule has 2 saturated heterocycles. The van der Waals surface area contributed by atoms with Crippen molar-refractivity contribution in [2.24, 2.45) is 5.73 Å². The minimum Gasteiger partial charge on any atom is -0.390 e. The van der Waals surface area contributed by atoms with Crippen LogP contribution in [-0.2, 0) is 14.9 Å². The molecule has 3 unspecified atom stereocenters. The molecule has 6 heteroatoms. The second kappa shape index (κ2) is 10.1. The molecule has 6 nitrogen and oxygen atoms in total. The van der Waals surface area contributed by atoms with Gasteiger partial charge < -0.3 is 20.5 Å². The average molecular weight is 438 g/mol. The number of piperidine rings is 1. The molecule has 2 fully saturated rings. The third-order valence-electron chi connectivity index (χ3n) is 7.09. The Hall–Kier alpha value is -2.25. The number of likely N-dealkylation sites (tertiary alicyclic amines) is 1. The molecule has 0 aromatic heterocycles. The lowest BCUT2D eigenvalue weighted by atomic mass is 9.69. The SMILES string of the molecule is CC(CC(C(=O)N1CCOCC1)(c1ccccc1)c1ccccc1)N1CCC(N)C(O)C1. The molecule has 3 atom stereocenters. The predicted octanol–water partition coefficient (Wildman–Crippen LogP) is 2.00. The van der Waals surface area contributed by atoms with Gasteiger partial charge in [-0.2, -0.15) is 0 Å². The van der Waals surface area contributed by atoms with Gasteiger partial charge in [0, 0.05) is 38.3 Å². The maximum absolute atomic E-state index is 14.3. The van der Waals surface area contributed by atoms with Crippen LogP contribution in [-0.4, -0.2) is 78.4 Å². The number of hydrogen-bond acceptors (Lipinski definition) is 5. The maximum atomic E-state index is 14.3. The van der Waals surface area contributed by atoms with E-state index in [1.54, 1.807) is 0 Å². The van der Waals surface area contributed by atoms with Gasteiger partial charge in [-0.1, -0.05) is 60.7 Å². The van der Waals surface area contributed by atoms with Gasteiger partial charge in [0.1, 0.15) is 5.41 Å². The van der Waals surface area contributed by atoms with E-state index in [1.807, 2.05) is 41.3 Å². The highest BCUT2D eigenvalue weighted by Crippen LogP contribution is 2.40. The van der Waals surface area contributed by atoms with Crippen LogP contribution in [0.5, 0.6) is 0 Å². The number of β-amino-alcohol motifs (C(OH)–C–C–N with tert-alkyl or cyclic N) is 1. The van der Waals surface area contributed by atoms with E-state index in [2.05, 4.69) is 36.1 Å². The molecule has 0 saturated carbocycles. The van der Waals surface area contributed by atoms with Crippen molar-refractivity contribution >= 4 is 5.91 Å². The summed E-state index contributed by atoms with van der Waals surface area (Å²) in [6.45, 7) is 5.86. The molecule has 32 heavy (non-hydrogen) atoms. The fourth-order valence-corrected chi connectivity index (χ4v) is 5.17. The Bertz CT molecular complexity index is 831. The number of aliphatic hydroxyl groups excluding tert-OH is 1. The second-order valence-electron chi connectivity index (χ2n) is 9.11. The van der Waals surface area contributed by atoms with Crippen molar-refractivity contribution in [1.82, 2.24) is 9.80 Å². The summed E-state index contributed by atoms with van der Waals surface area (Å²) >= 11 is 0. The van der Waals surface area contributed by atoms with Crippen molar-refractivity contribution in [1.29, 1.82) is 0 Å². The number of aliphatic hydroxyl groups is 1. The molecule has 2 heterocycles. The number of amides is 1. The molecule has 0 aliphatic carbocycles. The van der Waals surface area contributed by atoms with Gasteiger partial charge in [0.05, 0.1) is 19.3 Å². The maximum Gasteiger partial charge on any atom is 0.237 e. The molecule has 0 radical (unpaired) electrons. The number of nitrogens with zero attached hydrogens (tertiary/aromatic N) is 2. The highest BCUT2D eigenvalue weighted by Gasteiger charge is 2.46. The van der Waals surface area contributed by atoms with Crippen LogP contribution in [0.3, 0.4) is 0 Å². The number of hydrogen-bond donors (Lipinski definition) is 2. The number of nitrogens with two attached hydrogens (primary N) is 1. The summed E-state index contributed by atoms with van der Waals surface area (Å²) < 4.78 is 5.53. The summed E-state index contributed by atoms with van der Waals surface area (Å²) in [7, 11) is 0. The Morgan fingerprint density at radius 3 is 2.16 bits per heavy atom. The Balaban J connectivity index is 1.76. The zero-order chi connectivity index (χ0) is 22.6. The molecule has 3 N–H and O–H groups in total. The summed E-state index contributed by atoms with van der Waals surface area (Å²) in [5, 5.41) is 10.4.